The number of benzene rings is 2. The molecule has 1 N–H and O–H groups in total. The Labute approximate surface area is 136 Å². The number of aryl methyl sites for hydroxylation is 2. The molecule has 3 nitrogen and oxygen atoms in total. The van der Waals surface area contributed by atoms with Gasteiger partial charge in [-0.25, -0.2) is 17.5 Å². The predicted octanol–water partition coefficient (Wildman–Crippen LogP) is 3.40. The molecule has 0 aliphatic heterocycles. The second-order valence-corrected chi connectivity index (χ2v) is 7.86. The van der Waals surface area contributed by atoms with Crippen molar-refractivity contribution in [2.24, 2.45) is 0 Å². The van der Waals surface area contributed by atoms with Gasteiger partial charge in [0.1, 0.15) is 5.82 Å². The zero-order valence-electron chi connectivity index (χ0n) is 13.0. The van der Waals surface area contributed by atoms with Crippen molar-refractivity contribution in [3.63, 3.8) is 0 Å². The summed E-state index contributed by atoms with van der Waals surface area (Å²) in [6.07, 6.45) is 3.07. The maximum atomic E-state index is 12.9. The van der Waals surface area contributed by atoms with E-state index in [4.69, 9.17) is 0 Å². The highest BCUT2D eigenvalue weighted by Gasteiger charge is 2.19. The minimum Gasteiger partial charge on any atom is -0.211 e. The number of hydrogen-bond acceptors (Lipinski definition) is 2. The summed E-state index contributed by atoms with van der Waals surface area (Å²) < 4.78 is 40.5. The summed E-state index contributed by atoms with van der Waals surface area (Å²) in [6.45, 7) is 2.20. The van der Waals surface area contributed by atoms with E-state index in [0.29, 0.717) is 4.90 Å². The largest absolute Gasteiger partial charge is 0.240 e. The van der Waals surface area contributed by atoms with Crippen LogP contribution in [0.25, 0.3) is 0 Å². The first kappa shape index (κ1) is 16.1. The highest BCUT2D eigenvalue weighted by Crippen LogP contribution is 2.25. The van der Waals surface area contributed by atoms with Crippen molar-refractivity contribution in [3.05, 3.63) is 65.0 Å². The molecule has 3 rings (SSSR count). The van der Waals surface area contributed by atoms with Crippen molar-refractivity contribution in [3.8, 4) is 0 Å². The van der Waals surface area contributed by atoms with E-state index in [0.717, 1.165) is 30.4 Å². The van der Waals surface area contributed by atoms with Gasteiger partial charge in [-0.2, -0.15) is 0 Å². The number of fused-ring (bicyclic) bond motifs is 1. The molecule has 0 bridgehead atoms. The van der Waals surface area contributed by atoms with Crippen LogP contribution in [0.2, 0.25) is 0 Å². The Morgan fingerprint density at radius 1 is 1.09 bits per heavy atom. The summed E-state index contributed by atoms with van der Waals surface area (Å²) in [7, 11) is -3.52. The van der Waals surface area contributed by atoms with Gasteiger partial charge in [-0.3, -0.25) is 0 Å². The molecule has 1 atom stereocenters. The van der Waals surface area contributed by atoms with Crippen molar-refractivity contribution in [2.45, 2.75) is 37.0 Å². The molecule has 122 valence electrons. The molecule has 0 radical (unpaired) electrons. The third-order valence-corrected chi connectivity index (χ3v) is 5.82. The molecule has 0 amide bonds. The normalized spacial score (nSPS) is 15.4. The fourth-order valence-electron chi connectivity index (χ4n) is 2.94. The fraction of sp³-hybridized carbons (Fsp3) is 0.333. The Morgan fingerprint density at radius 3 is 2.52 bits per heavy atom. The van der Waals surface area contributed by atoms with Crippen LogP contribution < -0.4 is 4.72 Å². The summed E-state index contributed by atoms with van der Waals surface area (Å²) in [5.74, 6) is -0.320. The first-order valence-corrected chi connectivity index (χ1v) is 9.31. The van der Waals surface area contributed by atoms with Crippen LogP contribution in [0.3, 0.4) is 0 Å². The number of nitrogens with one attached hydrogen (secondary N) is 1. The molecule has 0 saturated heterocycles. The van der Waals surface area contributed by atoms with Gasteiger partial charge in [-0.1, -0.05) is 25.1 Å². The van der Waals surface area contributed by atoms with Gasteiger partial charge in [-0.05, 0) is 66.1 Å². The molecule has 1 aliphatic carbocycles. The maximum absolute atomic E-state index is 12.9. The van der Waals surface area contributed by atoms with Crippen molar-refractivity contribution >= 4 is 10.0 Å². The summed E-state index contributed by atoms with van der Waals surface area (Å²) in [6, 6.07) is 11.5. The lowest BCUT2D eigenvalue weighted by molar-refractivity contribution is 0.574. The molecule has 0 saturated carbocycles. The molecular formula is C18H20FNO2S. The molecule has 0 spiro atoms. The molecule has 5 heteroatoms. The van der Waals surface area contributed by atoms with Crippen LogP contribution in [0.15, 0.2) is 47.4 Å². The van der Waals surface area contributed by atoms with E-state index in [1.807, 2.05) is 13.0 Å². The summed E-state index contributed by atoms with van der Waals surface area (Å²) in [4.78, 5) is 0.324. The first-order valence-electron chi connectivity index (χ1n) is 7.82. The van der Waals surface area contributed by atoms with Crippen LogP contribution >= 0.6 is 0 Å². The van der Waals surface area contributed by atoms with E-state index in [1.165, 1.54) is 17.7 Å². The van der Waals surface area contributed by atoms with Gasteiger partial charge in [0.25, 0.3) is 0 Å². The third kappa shape index (κ3) is 3.62. The van der Waals surface area contributed by atoms with E-state index in [9.17, 15) is 12.8 Å². The van der Waals surface area contributed by atoms with Crippen molar-refractivity contribution in [2.75, 3.05) is 6.54 Å². The lowest BCUT2D eigenvalue weighted by Gasteiger charge is -2.14. The molecule has 0 aromatic heterocycles. The molecule has 0 fully saturated rings. The standard InChI is InChI=1S/C18H20FNO2S/c1-13(14-5-8-17(19)9-6-14)12-20-23(21,22)18-10-7-15-3-2-4-16(15)11-18/h5-11,13,20H,2-4,12H2,1H3. The highest BCUT2D eigenvalue weighted by atomic mass is 32.2. The zero-order chi connectivity index (χ0) is 16.4. The molecule has 1 unspecified atom stereocenters. The van der Waals surface area contributed by atoms with Gasteiger partial charge in [0, 0.05) is 6.54 Å². The zero-order valence-corrected chi connectivity index (χ0v) is 13.9. The van der Waals surface area contributed by atoms with Gasteiger partial charge in [-0.15, -0.1) is 0 Å². The quantitative estimate of drug-likeness (QED) is 0.911. The monoisotopic (exact) mass is 333 g/mol. The van der Waals surface area contributed by atoms with Crippen LogP contribution in [-0.2, 0) is 22.9 Å². The van der Waals surface area contributed by atoms with Gasteiger partial charge in [0.15, 0.2) is 0 Å². The Morgan fingerprint density at radius 2 is 1.78 bits per heavy atom. The number of hydrogen-bond donors (Lipinski definition) is 1. The minimum atomic E-state index is -3.52. The topological polar surface area (TPSA) is 46.2 Å². The van der Waals surface area contributed by atoms with Crippen LogP contribution in [-0.4, -0.2) is 15.0 Å². The van der Waals surface area contributed by atoms with E-state index in [1.54, 1.807) is 24.3 Å². The summed E-state index contributed by atoms with van der Waals surface area (Å²) >= 11 is 0. The van der Waals surface area contributed by atoms with Crippen LogP contribution in [0, 0.1) is 5.82 Å². The molecular weight excluding hydrogens is 313 g/mol. The first-order chi connectivity index (χ1) is 11.0. The second-order valence-electron chi connectivity index (χ2n) is 6.09. The highest BCUT2D eigenvalue weighted by molar-refractivity contribution is 7.89. The number of halogens is 1. The Kier molecular flexibility index (Phi) is 4.50. The number of sulfonamides is 1. The van der Waals surface area contributed by atoms with Crippen LogP contribution in [0.4, 0.5) is 4.39 Å². The fourth-order valence-corrected chi connectivity index (χ4v) is 4.12. The van der Waals surface area contributed by atoms with Gasteiger partial charge in [0.05, 0.1) is 4.90 Å². The van der Waals surface area contributed by atoms with Gasteiger partial charge in [0.2, 0.25) is 10.0 Å². The van der Waals surface area contributed by atoms with Crippen molar-refractivity contribution in [1.29, 1.82) is 0 Å². The van der Waals surface area contributed by atoms with E-state index in [2.05, 4.69) is 4.72 Å². The van der Waals surface area contributed by atoms with E-state index in [-0.39, 0.29) is 18.3 Å². The summed E-state index contributed by atoms with van der Waals surface area (Å²) in [5.41, 5.74) is 3.30. The minimum absolute atomic E-state index is 0.0280. The Bertz CT molecular complexity index is 800. The molecule has 1 aliphatic rings. The molecule has 0 heterocycles. The van der Waals surface area contributed by atoms with E-state index >= 15 is 0 Å². The number of rotatable bonds is 5. The van der Waals surface area contributed by atoms with Gasteiger partial charge >= 0.3 is 0 Å². The van der Waals surface area contributed by atoms with Crippen LogP contribution in [0.5, 0.6) is 0 Å². The SMILES string of the molecule is CC(CNS(=O)(=O)c1ccc2c(c1)CCC2)c1ccc(F)cc1. The van der Waals surface area contributed by atoms with E-state index < -0.39 is 10.0 Å². The predicted molar refractivity (Wildman–Crippen MR) is 88.5 cm³/mol. The van der Waals surface area contributed by atoms with Crippen LogP contribution in [0.1, 0.15) is 36.0 Å². The summed E-state index contributed by atoms with van der Waals surface area (Å²) in [5, 5.41) is 0. The smallest absolute Gasteiger partial charge is 0.211 e. The maximum Gasteiger partial charge on any atom is 0.240 e. The average molecular weight is 333 g/mol. The lowest BCUT2D eigenvalue weighted by atomic mass is 10.0. The van der Waals surface area contributed by atoms with Gasteiger partial charge < -0.3 is 0 Å². The Balaban J connectivity index is 1.70. The van der Waals surface area contributed by atoms with Crippen molar-refractivity contribution in [1.82, 2.24) is 4.72 Å². The molecule has 2 aromatic carbocycles. The van der Waals surface area contributed by atoms with Crippen molar-refractivity contribution < 1.29 is 12.8 Å². The second kappa shape index (κ2) is 6.42. The average Bonchev–Trinajstić information content (AvgIpc) is 3.01. The molecule has 23 heavy (non-hydrogen) atoms. The lowest BCUT2D eigenvalue weighted by Crippen LogP contribution is -2.27. The third-order valence-electron chi connectivity index (χ3n) is 4.40. The Hall–Kier alpha value is -1.72. The molecule has 2 aromatic rings.